The molecule has 0 spiro atoms. The first kappa shape index (κ1) is 18.7. The van der Waals surface area contributed by atoms with Crippen LogP contribution < -0.4 is 10.6 Å². The summed E-state index contributed by atoms with van der Waals surface area (Å²) in [4.78, 5) is 12.2. The van der Waals surface area contributed by atoms with E-state index in [-0.39, 0.29) is 30.2 Å². The molecule has 0 aromatic heterocycles. The van der Waals surface area contributed by atoms with Gasteiger partial charge in [0.15, 0.2) is 0 Å². The van der Waals surface area contributed by atoms with Crippen molar-refractivity contribution in [2.24, 2.45) is 5.92 Å². The quantitative estimate of drug-likeness (QED) is 0.812. The van der Waals surface area contributed by atoms with E-state index in [1.807, 2.05) is 36.4 Å². The van der Waals surface area contributed by atoms with Crippen LogP contribution in [-0.2, 0) is 15.9 Å². The number of benzene rings is 2. The van der Waals surface area contributed by atoms with Crippen molar-refractivity contribution in [1.29, 1.82) is 0 Å². The van der Waals surface area contributed by atoms with Gasteiger partial charge in [0, 0.05) is 12.5 Å². The van der Waals surface area contributed by atoms with Crippen LogP contribution in [0.15, 0.2) is 66.7 Å². The molecule has 146 valence electrons. The van der Waals surface area contributed by atoms with Gasteiger partial charge in [-0.2, -0.15) is 0 Å². The SMILES string of the molecule is O=C(NCCc1ccccc1)N[C@H]1CO[C@H]2[C@@H]1OC[C@@H]2C=Cc1ccccc1. The number of hydrogen-bond donors (Lipinski definition) is 2. The minimum absolute atomic E-state index is 0.00502. The van der Waals surface area contributed by atoms with Crippen molar-refractivity contribution in [1.82, 2.24) is 10.6 Å². The molecule has 5 heteroatoms. The zero-order valence-corrected chi connectivity index (χ0v) is 15.8. The zero-order valence-electron chi connectivity index (χ0n) is 15.8. The fraction of sp³-hybridized carbons (Fsp3) is 0.348. The summed E-state index contributed by atoms with van der Waals surface area (Å²) in [6.45, 7) is 1.70. The molecule has 2 fully saturated rings. The highest BCUT2D eigenvalue weighted by Crippen LogP contribution is 2.32. The van der Waals surface area contributed by atoms with E-state index in [4.69, 9.17) is 9.47 Å². The Bertz CT molecular complexity index is 794. The van der Waals surface area contributed by atoms with Gasteiger partial charge < -0.3 is 20.1 Å². The first-order valence-electron chi connectivity index (χ1n) is 9.84. The average molecular weight is 378 g/mol. The molecule has 2 aromatic rings. The van der Waals surface area contributed by atoms with E-state index in [0.717, 1.165) is 12.0 Å². The van der Waals surface area contributed by atoms with Crippen LogP contribution in [0, 0.1) is 5.92 Å². The van der Waals surface area contributed by atoms with Crippen molar-refractivity contribution in [3.8, 4) is 0 Å². The Kier molecular flexibility index (Phi) is 6.04. The molecule has 5 nitrogen and oxygen atoms in total. The van der Waals surface area contributed by atoms with Gasteiger partial charge >= 0.3 is 6.03 Å². The number of carbonyl (C=O) groups is 1. The predicted octanol–water partition coefficient (Wildman–Crippen LogP) is 3.02. The van der Waals surface area contributed by atoms with Crippen LogP contribution in [0.5, 0.6) is 0 Å². The maximum Gasteiger partial charge on any atom is 0.315 e. The lowest BCUT2D eigenvalue weighted by molar-refractivity contribution is 0.0661. The van der Waals surface area contributed by atoms with E-state index in [1.54, 1.807) is 0 Å². The number of fused-ring (bicyclic) bond motifs is 1. The Balaban J connectivity index is 1.24. The van der Waals surface area contributed by atoms with Crippen molar-refractivity contribution in [2.75, 3.05) is 19.8 Å². The highest BCUT2D eigenvalue weighted by atomic mass is 16.6. The molecule has 2 heterocycles. The molecule has 0 radical (unpaired) electrons. The van der Waals surface area contributed by atoms with Crippen molar-refractivity contribution in [3.05, 3.63) is 77.9 Å². The third-order valence-electron chi connectivity index (χ3n) is 5.29. The van der Waals surface area contributed by atoms with Crippen LogP contribution in [0.2, 0.25) is 0 Å². The fourth-order valence-corrected chi connectivity index (χ4v) is 3.80. The molecule has 2 aliphatic heterocycles. The minimum atomic E-state index is -0.169. The van der Waals surface area contributed by atoms with Gasteiger partial charge in [0.25, 0.3) is 0 Å². The van der Waals surface area contributed by atoms with Gasteiger partial charge in [-0.1, -0.05) is 72.8 Å². The van der Waals surface area contributed by atoms with Gasteiger partial charge in [0.05, 0.1) is 25.4 Å². The molecule has 2 saturated heterocycles. The van der Waals surface area contributed by atoms with Crippen molar-refractivity contribution < 1.29 is 14.3 Å². The lowest BCUT2D eigenvalue weighted by Gasteiger charge is -2.18. The second-order valence-corrected chi connectivity index (χ2v) is 7.27. The number of urea groups is 1. The van der Waals surface area contributed by atoms with Crippen molar-refractivity contribution in [3.63, 3.8) is 0 Å². The summed E-state index contributed by atoms with van der Waals surface area (Å²) < 4.78 is 11.9. The normalized spacial score (nSPS) is 26.3. The van der Waals surface area contributed by atoms with Crippen LogP contribution in [0.3, 0.4) is 0 Å². The van der Waals surface area contributed by atoms with E-state index >= 15 is 0 Å². The number of carbonyl (C=O) groups excluding carboxylic acids is 1. The molecule has 2 amide bonds. The van der Waals surface area contributed by atoms with Gasteiger partial charge in [-0.05, 0) is 17.5 Å². The molecule has 0 unspecified atom stereocenters. The van der Waals surface area contributed by atoms with Crippen LogP contribution in [0.4, 0.5) is 4.79 Å². The van der Waals surface area contributed by atoms with E-state index in [9.17, 15) is 4.79 Å². The van der Waals surface area contributed by atoms with Gasteiger partial charge in [0.1, 0.15) is 6.10 Å². The van der Waals surface area contributed by atoms with E-state index in [0.29, 0.717) is 19.8 Å². The highest BCUT2D eigenvalue weighted by molar-refractivity contribution is 5.74. The van der Waals surface area contributed by atoms with Crippen LogP contribution >= 0.6 is 0 Å². The van der Waals surface area contributed by atoms with Crippen LogP contribution in [0.25, 0.3) is 6.08 Å². The maximum atomic E-state index is 12.2. The molecular formula is C23H26N2O3. The largest absolute Gasteiger partial charge is 0.373 e. The van der Waals surface area contributed by atoms with Crippen molar-refractivity contribution in [2.45, 2.75) is 24.7 Å². The first-order chi connectivity index (χ1) is 13.8. The topological polar surface area (TPSA) is 59.6 Å². The minimum Gasteiger partial charge on any atom is -0.373 e. The van der Waals surface area contributed by atoms with Gasteiger partial charge in [-0.15, -0.1) is 0 Å². The van der Waals surface area contributed by atoms with Gasteiger partial charge in [0.2, 0.25) is 0 Å². The monoisotopic (exact) mass is 378 g/mol. The van der Waals surface area contributed by atoms with Crippen molar-refractivity contribution >= 4 is 12.1 Å². The van der Waals surface area contributed by atoms with E-state index in [1.165, 1.54) is 5.56 Å². The summed E-state index contributed by atoms with van der Waals surface area (Å²) in [6, 6.07) is 20.0. The Hall–Kier alpha value is -2.63. The van der Waals surface area contributed by atoms with Crippen LogP contribution in [-0.4, -0.2) is 44.0 Å². The summed E-state index contributed by atoms with van der Waals surface area (Å²) in [7, 11) is 0. The Morgan fingerprint density at radius 3 is 2.46 bits per heavy atom. The summed E-state index contributed by atoms with van der Waals surface area (Å²) >= 11 is 0. The Morgan fingerprint density at radius 1 is 0.964 bits per heavy atom. The van der Waals surface area contributed by atoms with E-state index in [2.05, 4.69) is 47.1 Å². The predicted molar refractivity (Wildman–Crippen MR) is 109 cm³/mol. The molecule has 4 rings (SSSR count). The van der Waals surface area contributed by atoms with E-state index < -0.39 is 0 Å². The third kappa shape index (κ3) is 4.61. The molecule has 4 atom stereocenters. The summed E-state index contributed by atoms with van der Waals surface area (Å²) in [5.74, 6) is 0.207. The zero-order chi connectivity index (χ0) is 19.2. The highest BCUT2D eigenvalue weighted by Gasteiger charge is 2.47. The summed E-state index contributed by atoms with van der Waals surface area (Å²) in [6.07, 6.45) is 4.98. The maximum absolute atomic E-state index is 12.2. The molecule has 28 heavy (non-hydrogen) atoms. The summed E-state index contributed by atoms with van der Waals surface area (Å²) in [5.41, 5.74) is 2.37. The fourth-order valence-electron chi connectivity index (χ4n) is 3.80. The molecule has 2 N–H and O–H groups in total. The lowest BCUT2D eigenvalue weighted by atomic mass is 9.99. The standard InChI is InChI=1S/C23H26N2O3/c26-23(24-14-13-18-9-5-2-6-10-18)25-20-16-28-21-19(15-27-22(20)21)12-11-17-7-3-1-4-8-17/h1-12,19-22H,13-16H2,(H2,24,25,26)/t19-,20-,21+,22+/m0/s1. The van der Waals surface area contributed by atoms with Crippen LogP contribution in [0.1, 0.15) is 11.1 Å². The molecule has 2 aromatic carbocycles. The number of amides is 2. The molecule has 0 bridgehead atoms. The molecule has 0 saturated carbocycles. The summed E-state index contributed by atoms with van der Waals surface area (Å²) in [5, 5.41) is 5.93. The molecule has 0 aliphatic carbocycles. The Labute approximate surface area is 165 Å². The first-order valence-corrected chi connectivity index (χ1v) is 9.84. The number of ether oxygens (including phenoxy) is 2. The number of rotatable bonds is 6. The van der Waals surface area contributed by atoms with Gasteiger partial charge in [-0.3, -0.25) is 0 Å². The number of nitrogens with one attached hydrogen (secondary N) is 2. The smallest absolute Gasteiger partial charge is 0.315 e. The van der Waals surface area contributed by atoms with Gasteiger partial charge in [-0.25, -0.2) is 4.79 Å². The second kappa shape index (κ2) is 9.04. The average Bonchev–Trinajstić information content (AvgIpc) is 3.31. The number of hydrogen-bond acceptors (Lipinski definition) is 3. The third-order valence-corrected chi connectivity index (χ3v) is 5.29. The Morgan fingerprint density at radius 2 is 1.68 bits per heavy atom. The molecular weight excluding hydrogens is 352 g/mol. The second-order valence-electron chi connectivity index (χ2n) is 7.27. The lowest BCUT2D eigenvalue weighted by Crippen LogP contribution is -2.48. The molecule has 2 aliphatic rings.